The third-order valence-electron chi connectivity index (χ3n) is 2.48. The SMILES string of the molecule is O=CC1CCC(C(=O)O)C1C(=O)O. The first kappa shape index (κ1) is 9.70. The van der Waals surface area contributed by atoms with Crippen molar-refractivity contribution in [3.63, 3.8) is 0 Å². The van der Waals surface area contributed by atoms with E-state index in [2.05, 4.69) is 0 Å². The van der Waals surface area contributed by atoms with Crippen LogP contribution in [-0.2, 0) is 14.4 Å². The van der Waals surface area contributed by atoms with Crippen molar-refractivity contribution in [2.75, 3.05) is 0 Å². The number of hydrogen-bond acceptors (Lipinski definition) is 3. The number of aldehydes is 1. The van der Waals surface area contributed by atoms with Crippen molar-refractivity contribution in [3.8, 4) is 0 Å². The number of carbonyl (C=O) groups excluding carboxylic acids is 1. The zero-order chi connectivity index (χ0) is 10.0. The summed E-state index contributed by atoms with van der Waals surface area (Å²) in [6.45, 7) is 0. The van der Waals surface area contributed by atoms with Crippen molar-refractivity contribution in [2.24, 2.45) is 17.8 Å². The monoisotopic (exact) mass is 186 g/mol. The standard InChI is InChI=1S/C8H10O5/c9-3-4-1-2-5(7(10)11)6(4)8(12)13/h3-6H,1-2H2,(H,10,11)(H,12,13). The molecule has 0 aromatic heterocycles. The summed E-state index contributed by atoms with van der Waals surface area (Å²) in [5.74, 6) is -4.92. The van der Waals surface area contributed by atoms with Gasteiger partial charge in [0.05, 0.1) is 11.8 Å². The first-order valence-corrected chi connectivity index (χ1v) is 3.99. The van der Waals surface area contributed by atoms with Gasteiger partial charge in [0.25, 0.3) is 0 Å². The fourth-order valence-electron chi connectivity index (χ4n) is 1.81. The van der Waals surface area contributed by atoms with Crippen LogP contribution >= 0.6 is 0 Å². The highest BCUT2D eigenvalue weighted by Gasteiger charge is 2.44. The number of aliphatic carboxylic acids is 2. The smallest absolute Gasteiger partial charge is 0.308 e. The summed E-state index contributed by atoms with van der Waals surface area (Å²) in [7, 11) is 0. The van der Waals surface area contributed by atoms with Gasteiger partial charge in [0, 0.05) is 5.92 Å². The summed E-state index contributed by atoms with van der Waals surface area (Å²) in [4.78, 5) is 31.7. The highest BCUT2D eigenvalue weighted by molar-refractivity contribution is 5.83. The van der Waals surface area contributed by atoms with E-state index in [-0.39, 0.29) is 6.42 Å². The maximum Gasteiger partial charge on any atom is 0.308 e. The first-order chi connectivity index (χ1) is 6.07. The van der Waals surface area contributed by atoms with E-state index in [1.54, 1.807) is 0 Å². The second-order valence-corrected chi connectivity index (χ2v) is 3.19. The Morgan fingerprint density at radius 2 is 1.77 bits per heavy atom. The second-order valence-electron chi connectivity index (χ2n) is 3.19. The summed E-state index contributed by atoms with van der Waals surface area (Å²) in [6.07, 6.45) is 1.18. The number of rotatable bonds is 3. The molecule has 0 heterocycles. The summed E-state index contributed by atoms with van der Waals surface area (Å²) >= 11 is 0. The van der Waals surface area contributed by atoms with Crippen molar-refractivity contribution in [3.05, 3.63) is 0 Å². The van der Waals surface area contributed by atoms with Crippen LogP contribution in [0.25, 0.3) is 0 Å². The molecule has 0 bridgehead atoms. The van der Waals surface area contributed by atoms with Crippen LogP contribution in [0, 0.1) is 17.8 Å². The molecular formula is C8H10O5. The third kappa shape index (κ3) is 1.68. The van der Waals surface area contributed by atoms with Gasteiger partial charge < -0.3 is 15.0 Å². The molecule has 5 nitrogen and oxygen atoms in total. The highest BCUT2D eigenvalue weighted by Crippen LogP contribution is 2.36. The predicted octanol–water partition coefficient (Wildman–Crippen LogP) is -0.00310. The fourth-order valence-corrected chi connectivity index (χ4v) is 1.81. The van der Waals surface area contributed by atoms with Gasteiger partial charge in [0.1, 0.15) is 6.29 Å². The van der Waals surface area contributed by atoms with Crippen LogP contribution in [0.15, 0.2) is 0 Å². The number of carboxylic acid groups (broad SMARTS) is 2. The van der Waals surface area contributed by atoms with E-state index in [0.29, 0.717) is 12.7 Å². The maximum absolute atomic E-state index is 10.7. The van der Waals surface area contributed by atoms with Gasteiger partial charge in [-0.25, -0.2) is 0 Å². The highest BCUT2D eigenvalue weighted by atomic mass is 16.4. The molecular weight excluding hydrogens is 176 g/mol. The molecule has 0 amide bonds. The van der Waals surface area contributed by atoms with E-state index in [0.717, 1.165) is 0 Å². The molecule has 3 atom stereocenters. The minimum Gasteiger partial charge on any atom is -0.481 e. The third-order valence-corrected chi connectivity index (χ3v) is 2.48. The summed E-state index contributed by atoms with van der Waals surface area (Å²) in [6, 6.07) is 0. The van der Waals surface area contributed by atoms with Crippen molar-refractivity contribution in [1.29, 1.82) is 0 Å². The normalized spacial score (nSPS) is 32.8. The molecule has 0 saturated heterocycles. The van der Waals surface area contributed by atoms with Gasteiger partial charge in [-0.1, -0.05) is 0 Å². The molecule has 1 aliphatic carbocycles. The van der Waals surface area contributed by atoms with E-state index in [9.17, 15) is 14.4 Å². The van der Waals surface area contributed by atoms with Gasteiger partial charge in [-0.05, 0) is 12.8 Å². The topological polar surface area (TPSA) is 91.7 Å². The molecule has 1 fully saturated rings. The predicted molar refractivity (Wildman–Crippen MR) is 41.0 cm³/mol. The zero-order valence-electron chi connectivity index (χ0n) is 6.84. The van der Waals surface area contributed by atoms with Crippen LogP contribution in [0.1, 0.15) is 12.8 Å². The Hall–Kier alpha value is -1.39. The first-order valence-electron chi connectivity index (χ1n) is 3.99. The molecule has 0 spiro atoms. The lowest BCUT2D eigenvalue weighted by molar-refractivity contribution is -0.154. The Balaban J connectivity index is 2.84. The molecule has 1 rings (SSSR count). The van der Waals surface area contributed by atoms with Gasteiger partial charge >= 0.3 is 11.9 Å². The van der Waals surface area contributed by atoms with Crippen LogP contribution in [-0.4, -0.2) is 28.4 Å². The Morgan fingerprint density at radius 3 is 2.15 bits per heavy atom. The minimum atomic E-state index is -1.19. The van der Waals surface area contributed by atoms with E-state index >= 15 is 0 Å². The maximum atomic E-state index is 10.7. The van der Waals surface area contributed by atoms with Crippen LogP contribution in [0.5, 0.6) is 0 Å². The van der Waals surface area contributed by atoms with Crippen LogP contribution < -0.4 is 0 Å². The number of hydrogen-bond donors (Lipinski definition) is 2. The fraction of sp³-hybridized carbons (Fsp3) is 0.625. The van der Waals surface area contributed by atoms with E-state index < -0.39 is 29.7 Å². The lowest BCUT2D eigenvalue weighted by atomic mass is 9.90. The summed E-state index contributed by atoms with van der Waals surface area (Å²) < 4.78 is 0. The van der Waals surface area contributed by atoms with Crippen molar-refractivity contribution >= 4 is 18.2 Å². The Morgan fingerprint density at radius 1 is 1.15 bits per heavy atom. The zero-order valence-corrected chi connectivity index (χ0v) is 6.84. The van der Waals surface area contributed by atoms with Crippen LogP contribution in [0.3, 0.4) is 0 Å². The van der Waals surface area contributed by atoms with Crippen LogP contribution in [0.4, 0.5) is 0 Å². The molecule has 2 N–H and O–H groups in total. The van der Waals surface area contributed by atoms with E-state index in [1.165, 1.54) is 0 Å². The summed E-state index contributed by atoms with van der Waals surface area (Å²) in [5, 5.41) is 17.4. The minimum absolute atomic E-state index is 0.274. The van der Waals surface area contributed by atoms with Gasteiger partial charge in [-0.3, -0.25) is 9.59 Å². The number of carboxylic acids is 2. The quantitative estimate of drug-likeness (QED) is 0.605. The molecule has 0 aliphatic heterocycles. The lowest BCUT2D eigenvalue weighted by Gasteiger charge is -2.13. The largest absolute Gasteiger partial charge is 0.481 e. The Labute approximate surface area is 74.4 Å². The molecule has 0 aromatic rings. The van der Waals surface area contributed by atoms with Gasteiger partial charge in [-0.15, -0.1) is 0 Å². The molecule has 72 valence electrons. The van der Waals surface area contributed by atoms with Gasteiger partial charge in [-0.2, -0.15) is 0 Å². The molecule has 1 saturated carbocycles. The average molecular weight is 186 g/mol. The Kier molecular flexibility index (Phi) is 2.65. The van der Waals surface area contributed by atoms with Crippen molar-refractivity contribution < 1.29 is 24.6 Å². The van der Waals surface area contributed by atoms with Gasteiger partial charge in [0.15, 0.2) is 0 Å². The Bertz CT molecular complexity index is 247. The van der Waals surface area contributed by atoms with E-state index in [1.807, 2.05) is 0 Å². The number of carbonyl (C=O) groups is 3. The molecule has 0 aromatic carbocycles. The van der Waals surface area contributed by atoms with Gasteiger partial charge in [0.2, 0.25) is 0 Å². The molecule has 3 unspecified atom stereocenters. The molecule has 13 heavy (non-hydrogen) atoms. The van der Waals surface area contributed by atoms with E-state index in [4.69, 9.17) is 10.2 Å². The molecule has 0 radical (unpaired) electrons. The van der Waals surface area contributed by atoms with Crippen molar-refractivity contribution in [2.45, 2.75) is 12.8 Å². The van der Waals surface area contributed by atoms with Crippen LogP contribution in [0.2, 0.25) is 0 Å². The lowest BCUT2D eigenvalue weighted by Crippen LogP contribution is -2.29. The molecule has 1 aliphatic rings. The van der Waals surface area contributed by atoms with Crippen molar-refractivity contribution in [1.82, 2.24) is 0 Å². The molecule has 5 heteroatoms. The summed E-state index contributed by atoms with van der Waals surface area (Å²) in [5.41, 5.74) is 0. The average Bonchev–Trinajstić information content (AvgIpc) is 2.46. The second kappa shape index (κ2) is 3.55.